The van der Waals surface area contributed by atoms with Gasteiger partial charge in [-0.3, -0.25) is 9.35 Å². The van der Waals surface area contributed by atoms with Crippen LogP contribution >= 0.6 is 0 Å². The lowest BCUT2D eigenvalue weighted by molar-refractivity contribution is -0.130. The SMILES string of the molecule is CCCCCCCC/C=C\C/C=C\CC(O)C(=O)NC(CS(=O)(=O)O)C(O)/C=C/CCCCCCCCCCCCCCCCCCCCC. The van der Waals surface area contributed by atoms with Gasteiger partial charge in [-0.25, -0.2) is 0 Å². The van der Waals surface area contributed by atoms with Crippen molar-refractivity contribution in [2.24, 2.45) is 0 Å². The van der Waals surface area contributed by atoms with Crippen LogP contribution in [0.3, 0.4) is 0 Å². The van der Waals surface area contributed by atoms with Gasteiger partial charge in [0.1, 0.15) is 6.10 Å². The molecule has 0 fully saturated rings. The zero-order valence-electron chi connectivity index (χ0n) is 32.4. The van der Waals surface area contributed by atoms with Gasteiger partial charge < -0.3 is 15.5 Å². The highest BCUT2D eigenvalue weighted by molar-refractivity contribution is 7.85. The summed E-state index contributed by atoms with van der Waals surface area (Å²) in [6.07, 6.45) is 43.7. The fourth-order valence-electron chi connectivity index (χ4n) is 6.21. The molecule has 7 nitrogen and oxygen atoms in total. The van der Waals surface area contributed by atoms with Gasteiger partial charge in [0.25, 0.3) is 10.1 Å². The molecule has 294 valence electrons. The zero-order chi connectivity index (χ0) is 37.0. The second kappa shape index (κ2) is 35.9. The molecule has 0 radical (unpaired) electrons. The summed E-state index contributed by atoms with van der Waals surface area (Å²) in [7, 11) is -4.46. The van der Waals surface area contributed by atoms with E-state index in [-0.39, 0.29) is 6.42 Å². The van der Waals surface area contributed by atoms with Gasteiger partial charge in [0, 0.05) is 6.42 Å². The van der Waals surface area contributed by atoms with Crippen molar-refractivity contribution in [2.45, 2.75) is 218 Å². The average Bonchev–Trinajstić information content (AvgIpc) is 3.08. The molecule has 4 N–H and O–H groups in total. The maximum Gasteiger partial charge on any atom is 0.267 e. The first kappa shape index (κ1) is 48.5. The molecule has 3 unspecified atom stereocenters. The molecule has 0 spiro atoms. The number of aliphatic hydroxyl groups excluding tert-OH is 2. The van der Waals surface area contributed by atoms with Crippen molar-refractivity contribution in [3.63, 3.8) is 0 Å². The first-order chi connectivity index (χ1) is 24.2. The van der Waals surface area contributed by atoms with Crippen LogP contribution in [0.15, 0.2) is 36.5 Å². The van der Waals surface area contributed by atoms with E-state index in [9.17, 15) is 28.0 Å². The normalized spacial score (nSPS) is 14.3. The molecular weight excluding hydrogens is 647 g/mol. The molecule has 0 aliphatic carbocycles. The van der Waals surface area contributed by atoms with Crippen LogP contribution in [-0.4, -0.2) is 53.1 Å². The van der Waals surface area contributed by atoms with Crippen molar-refractivity contribution in [1.82, 2.24) is 5.32 Å². The Morgan fingerprint density at radius 2 is 0.940 bits per heavy atom. The van der Waals surface area contributed by atoms with E-state index in [0.29, 0.717) is 6.42 Å². The van der Waals surface area contributed by atoms with E-state index in [1.165, 1.54) is 154 Å². The molecule has 50 heavy (non-hydrogen) atoms. The van der Waals surface area contributed by atoms with Gasteiger partial charge in [-0.2, -0.15) is 8.42 Å². The van der Waals surface area contributed by atoms with Crippen molar-refractivity contribution in [3.05, 3.63) is 36.5 Å². The van der Waals surface area contributed by atoms with E-state index in [4.69, 9.17) is 0 Å². The van der Waals surface area contributed by atoms with Crippen molar-refractivity contribution in [2.75, 3.05) is 5.75 Å². The Morgan fingerprint density at radius 3 is 1.36 bits per heavy atom. The zero-order valence-corrected chi connectivity index (χ0v) is 33.2. The van der Waals surface area contributed by atoms with Crippen LogP contribution in [0.4, 0.5) is 0 Å². The summed E-state index contributed by atoms with van der Waals surface area (Å²) in [6.45, 7) is 4.49. The summed E-state index contributed by atoms with van der Waals surface area (Å²) in [5.41, 5.74) is 0. The van der Waals surface area contributed by atoms with Crippen LogP contribution in [0.25, 0.3) is 0 Å². The van der Waals surface area contributed by atoms with Crippen LogP contribution in [0.1, 0.15) is 200 Å². The second-order valence-corrected chi connectivity index (χ2v) is 15.9. The second-order valence-electron chi connectivity index (χ2n) is 14.4. The van der Waals surface area contributed by atoms with Crippen molar-refractivity contribution in [1.29, 1.82) is 0 Å². The molecule has 1 amide bonds. The Labute approximate surface area is 309 Å². The Balaban J connectivity index is 4.05. The lowest BCUT2D eigenvalue weighted by atomic mass is 10.0. The number of amides is 1. The minimum atomic E-state index is -4.46. The quantitative estimate of drug-likeness (QED) is 0.0287. The minimum absolute atomic E-state index is 0.0705. The number of nitrogens with one attached hydrogen (secondary N) is 1. The highest BCUT2D eigenvalue weighted by Gasteiger charge is 2.27. The van der Waals surface area contributed by atoms with Gasteiger partial charge in [-0.05, 0) is 32.1 Å². The van der Waals surface area contributed by atoms with E-state index in [0.717, 1.165) is 25.7 Å². The summed E-state index contributed by atoms with van der Waals surface area (Å²) in [4.78, 5) is 12.5. The molecule has 0 aromatic heterocycles. The highest BCUT2D eigenvalue weighted by atomic mass is 32.2. The molecule has 0 aliphatic rings. The molecule has 0 aliphatic heterocycles. The smallest absolute Gasteiger partial charge is 0.267 e. The summed E-state index contributed by atoms with van der Waals surface area (Å²) < 4.78 is 32.5. The van der Waals surface area contributed by atoms with Crippen molar-refractivity contribution >= 4 is 16.0 Å². The molecule has 0 saturated heterocycles. The van der Waals surface area contributed by atoms with Gasteiger partial charge in [-0.15, -0.1) is 0 Å². The third-order valence-electron chi connectivity index (χ3n) is 9.43. The summed E-state index contributed by atoms with van der Waals surface area (Å²) in [6, 6.07) is -1.26. The van der Waals surface area contributed by atoms with Gasteiger partial charge in [0.05, 0.1) is 17.9 Å². The van der Waals surface area contributed by atoms with Crippen LogP contribution < -0.4 is 5.32 Å². The first-order valence-corrected chi connectivity index (χ1v) is 22.4. The van der Waals surface area contributed by atoms with Gasteiger partial charge in [0.2, 0.25) is 5.91 Å². The number of aliphatic hydroxyl groups is 2. The maximum absolute atomic E-state index is 12.5. The Bertz CT molecular complexity index is 948. The summed E-state index contributed by atoms with van der Waals surface area (Å²) >= 11 is 0. The molecule has 0 aromatic rings. The molecule has 0 heterocycles. The fourth-order valence-corrected chi connectivity index (χ4v) is 6.94. The molecule has 0 saturated carbocycles. The predicted octanol–water partition coefficient (Wildman–Crippen LogP) is 11.1. The predicted molar refractivity (Wildman–Crippen MR) is 213 cm³/mol. The number of hydrogen-bond acceptors (Lipinski definition) is 5. The Kier molecular flexibility index (Phi) is 34.8. The Morgan fingerprint density at radius 1 is 0.560 bits per heavy atom. The lowest BCUT2D eigenvalue weighted by Gasteiger charge is -2.22. The molecule has 0 bridgehead atoms. The number of allylic oxidation sites excluding steroid dienone is 4. The van der Waals surface area contributed by atoms with Crippen LogP contribution in [-0.2, 0) is 14.9 Å². The van der Waals surface area contributed by atoms with E-state index in [2.05, 4.69) is 31.3 Å². The standard InChI is InChI=1S/C42H79NO6S/c1-3-5-7-9-11-13-15-17-18-19-20-21-22-23-24-25-27-28-30-32-34-36-40(44)39(38-50(47,48)49)43-42(46)41(45)37-35-33-31-29-26-16-14-12-10-8-6-4-2/h26,29,33-36,39-41,44-45H,3-25,27-28,30-32,37-38H2,1-2H3,(H,43,46)(H,47,48,49)/b29-26-,35-33-,36-34+. The number of rotatable bonds is 37. The third-order valence-corrected chi connectivity index (χ3v) is 10.2. The molecule has 0 aromatic carbocycles. The summed E-state index contributed by atoms with van der Waals surface area (Å²) in [5.74, 6) is -1.62. The topological polar surface area (TPSA) is 124 Å². The Hall–Kier alpha value is -1.48. The summed E-state index contributed by atoms with van der Waals surface area (Å²) in [5, 5.41) is 23.2. The largest absolute Gasteiger partial charge is 0.387 e. The number of carbonyl (C=O) groups excluding carboxylic acids is 1. The van der Waals surface area contributed by atoms with Crippen LogP contribution in [0, 0.1) is 0 Å². The van der Waals surface area contributed by atoms with E-state index in [1.54, 1.807) is 12.2 Å². The van der Waals surface area contributed by atoms with E-state index in [1.807, 2.05) is 6.08 Å². The number of unbranched alkanes of at least 4 members (excludes halogenated alkanes) is 25. The van der Waals surface area contributed by atoms with Gasteiger partial charge >= 0.3 is 0 Å². The number of carbonyl (C=O) groups is 1. The van der Waals surface area contributed by atoms with Gasteiger partial charge in [-0.1, -0.05) is 198 Å². The van der Waals surface area contributed by atoms with E-state index >= 15 is 0 Å². The molecule has 8 heteroatoms. The number of hydrogen-bond donors (Lipinski definition) is 4. The van der Waals surface area contributed by atoms with E-state index < -0.39 is 40.0 Å². The fraction of sp³-hybridized carbons (Fsp3) is 0.833. The van der Waals surface area contributed by atoms with Crippen molar-refractivity contribution < 1.29 is 28.0 Å². The third kappa shape index (κ3) is 34.9. The van der Waals surface area contributed by atoms with Crippen LogP contribution in [0.2, 0.25) is 0 Å². The van der Waals surface area contributed by atoms with Gasteiger partial charge in [0.15, 0.2) is 0 Å². The molecule has 0 rings (SSSR count). The molecular formula is C42H79NO6S. The maximum atomic E-state index is 12.5. The first-order valence-electron chi connectivity index (χ1n) is 20.8. The van der Waals surface area contributed by atoms with Crippen molar-refractivity contribution in [3.8, 4) is 0 Å². The highest BCUT2D eigenvalue weighted by Crippen LogP contribution is 2.15. The minimum Gasteiger partial charge on any atom is -0.387 e. The molecule has 3 atom stereocenters. The van der Waals surface area contributed by atoms with Crippen LogP contribution in [0.5, 0.6) is 0 Å². The monoisotopic (exact) mass is 726 g/mol. The lowest BCUT2D eigenvalue weighted by Crippen LogP contribution is -2.50. The average molecular weight is 726 g/mol.